The summed E-state index contributed by atoms with van der Waals surface area (Å²) >= 11 is 0. The average molecular weight is 427 g/mol. The van der Waals surface area contributed by atoms with Crippen molar-refractivity contribution in [2.75, 3.05) is 46.4 Å². The molecule has 0 spiro atoms. The zero-order valence-corrected chi connectivity index (χ0v) is 18.6. The number of benzene rings is 1. The number of piperazine rings is 1. The van der Waals surface area contributed by atoms with Gasteiger partial charge in [-0.3, -0.25) is 9.69 Å². The molecule has 1 saturated heterocycles. The van der Waals surface area contributed by atoms with Gasteiger partial charge < -0.3 is 14.4 Å². The van der Waals surface area contributed by atoms with Crippen LogP contribution in [0.5, 0.6) is 5.75 Å². The molecule has 31 heavy (non-hydrogen) atoms. The van der Waals surface area contributed by atoms with Crippen molar-refractivity contribution in [3.05, 3.63) is 29.8 Å². The second-order valence-electron chi connectivity index (χ2n) is 10.2. The summed E-state index contributed by atoms with van der Waals surface area (Å²) in [7, 11) is 1.38. The molecule has 6 heteroatoms. The van der Waals surface area contributed by atoms with Gasteiger partial charge in [0.05, 0.1) is 18.1 Å². The van der Waals surface area contributed by atoms with Crippen molar-refractivity contribution >= 4 is 11.9 Å². The molecule has 1 aromatic carbocycles. The van der Waals surface area contributed by atoms with Crippen LogP contribution in [0.1, 0.15) is 48.9 Å². The number of carbonyl (C=O) groups excluding carboxylic acids is 2. The fraction of sp³-hybridized carbons (Fsp3) is 0.680. The SMILES string of the molecule is COC(=O)c1ccc(OCCN2CCN(C(=O)C34CC5CC(CC(C5)C3)C4)CC2)cc1. The van der Waals surface area contributed by atoms with E-state index in [4.69, 9.17) is 9.47 Å². The summed E-state index contributed by atoms with van der Waals surface area (Å²) in [6.07, 6.45) is 7.60. The summed E-state index contributed by atoms with van der Waals surface area (Å²) in [6.45, 7) is 4.97. The maximum absolute atomic E-state index is 13.5. The summed E-state index contributed by atoms with van der Waals surface area (Å²) in [5, 5.41) is 0. The van der Waals surface area contributed by atoms with Crippen LogP contribution in [0.25, 0.3) is 0 Å². The van der Waals surface area contributed by atoms with Gasteiger partial charge in [0.25, 0.3) is 0 Å². The highest BCUT2D eigenvalue weighted by Gasteiger charge is 2.55. The summed E-state index contributed by atoms with van der Waals surface area (Å²) in [5.41, 5.74) is 0.505. The first kappa shape index (κ1) is 20.8. The third-order valence-corrected chi connectivity index (χ3v) is 8.10. The highest BCUT2D eigenvalue weighted by molar-refractivity contribution is 5.89. The lowest BCUT2D eigenvalue weighted by molar-refractivity contribution is -0.159. The van der Waals surface area contributed by atoms with Crippen LogP contribution in [-0.2, 0) is 9.53 Å². The van der Waals surface area contributed by atoms with Gasteiger partial charge >= 0.3 is 5.97 Å². The van der Waals surface area contributed by atoms with Crippen molar-refractivity contribution in [1.29, 1.82) is 0 Å². The molecule has 1 heterocycles. The van der Waals surface area contributed by atoms with Crippen molar-refractivity contribution in [2.45, 2.75) is 38.5 Å². The number of hydrogen-bond donors (Lipinski definition) is 0. The second-order valence-corrected chi connectivity index (χ2v) is 10.2. The van der Waals surface area contributed by atoms with Gasteiger partial charge in [-0.05, 0) is 80.5 Å². The van der Waals surface area contributed by atoms with Gasteiger partial charge in [-0.25, -0.2) is 4.79 Å². The molecule has 5 aliphatic rings. The Balaban J connectivity index is 1.07. The largest absolute Gasteiger partial charge is 0.492 e. The molecule has 5 fully saturated rings. The van der Waals surface area contributed by atoms with E-state index in [0.29, 0.717) is 18.1 Å². The van der Waals surface area contributed by atoms with Gasteiger partial charge in [0.2, 0.25) is 5.91 Å². The lowest BCUT2D eigenvalue weighted by Gasteiger charge is -2.57. The molecule has 0 N–H and O–H groups in total. The highest BCUT2D eigenvalue weighted by Crippen LogP contribution is 2.60. The summed E-state index contributed by atoms with van der Waals surface area (Å²) in [6, 6.07) is 7.04. The minimum absolute atomic E-state index is 0.0175. The van der Waals surface area contributed by atoms with E-state index in [1.165, 1.54) is 26.4 Å². The van der Waals surface area contributed by atoms with Crippen LogP contribution in [0.4, 0.5) is 0 Å². The fourth-order valence-electron chi connectivity index (χ4n) is 6.98. The van der Waals surface area contributed by atoms with Crippen LogP contribution in [0.3, 0.4) is 0 Å². The fourth-order valence-corrected chi connectivity index (χ4v) is 6.98. The van der Waals surface area contributed by atoms with Crippen LogP contribution < -0.4 is 4.74 Å². The Morgan fingerprint density at radius 2 is 1.52 bits per heavy atom. The normalized spacial score (nSPS) is 32.2. The molecule has 0 aromatic heterocycles. The molecule has 0 unspecified atom stereocenters. The number of carbonyl (C=O) groups is 2. The van der Waals surface area contributed by atoms with Crippen molar-refractivity contribution in [3.63, 3.8) is 0 Å². The lowest BCUT2D eigenvalue weighted by atomic mass is 9.49. The summed E-state index contributed by atoms with van der Waals surface area (Å²) < 4.78 is 10.6. The minimum Gasteiger partial charge on any atom is -0.492 e. The number of ether oxygens (including phenoxy) is 2. The van der Waals surface area contributed by atoms with E-state index in [1.807, 2.05) is 0 Å². The van der Waals surface area contributed by atoms with Crippen molar-refractivity contribution in [2.24, 2.45) is 23.2 Å². The van der Waals surface area contributed by atoms with E-state index in [9.17, 15) is 9.59 Å². The highest BCUT2D eigenvalue weighted by atomic mass is 16.5. The van der Waals surface area contributed by atoms with E-state index in [1.54, 1.807) is 24.3 Å². The van der Waals surface area contributed by atoms with E-state index in [-0.39, 0.29) is 11.4 Å². The first-order valence-electron chi connectivity index (χ1n) is 11.9. The number of rotatable bonds is 6. The average Bonchev–Trinajstić information content (AvgIpc) is 2.78. The zero-order chi connectivity index (χ0) is 21.4. The van der Waals surface area contributed by atoms with E-state index < -0.39 is 0 Å². The standard InChI is InChI=1S/C25H34N2O4/c1-30-23(28)21-2-4-22(5-3-21)31-11-10-26-6-8-27(9-7-26)24(29)25-15-18-12-19(16-25)14-20(13-18)17-25/h2-5,18-20H,6-17H2,1H3. The molecule has 0 atom stereocenters. The minimum atomic E-state index is -0.340. The Morgan fingerprint density at radius 1 is 0.935 bits per heavy atom. The molecule has 4 bridgehead atoms. The van der Waals surface area contributed by atoms with Crippen LogP contribution >= 0.6 is 0 Å². The topological polar surface area (TPSA) is 59.1 Å². The van der Waals surface area contributed by atoms with Crippen molar-refractivity contribution in [3.8, 4) is 5.75 Å². The molecule has 0 radical (unpaired) electrons. The molecule has 1 aliphatic heterocycles. The van der Waals surface area contributed by atoms with Crippen LogP contribution in [0, 0.1) is 23.2 Å². The Hall–Kier alpha value is -2.08. The zero-order valence-electron chi connectivity index (χ0n) is 18.6. The maximum Gasteiger partial charge on any atom is 0.337 e. The number of hydrogen-bond acceptors (Lipinski definition) is 5. The summed E-state index contributed by atoms with van der Waals surface area (Å²) in [4.78, 5) is 29.5. The third kappa shape index (κ3) is 4.19. The van der Waals surface area contributed by atoms with Gasteiger partial charge in [0.1, 0.15) is 12.4 Å². The van der Waals surface area contributed by atoms with Gasteiger partial charge in [-0.15, -0.1) is 0 Å². The Morgan fingerprint density at radius 3 is 2.06 bits per heavy atom. The monoisotopic (exact) mass is 426 g/mol. The van der Waals surface area contributed by atoms with E-state index >= 15 is 0 Å². The quantitative estimate of drug-likeness (QED) is 0.654. The molecular formula is C25H34N2O4. The Labute approximate surface area is 184 Å². The van der Waals surface area contributed by atoms with Crippen molar-refractivity contribution < 1.29 is 19.1 Å². The van der Waals surface area contributed by atoms with Gasteiger partial charge in [-0.2, -0.15) is 0 Å². The number of nitrogens with zero attached hydrogens (tertiary/aromatic N) is 2. The Bertz CT molecular complexity index is 778. The lowest BCUT2D eigenvalue weighted by Crippen LogP contribution is -2.58. The molecule has 168 valence electrons. The van der Waals surface area contributed by atoms with Crippen molar-refractivity contribution in [1.82, 2.24) is 9.80 Å². The molecule has 4 aliphatic carbocycles. The van der Waals surface area contributed by atoms with Crippen LogP contribution in [0.2, 0.25) is 0 Å². The second kappa shape index (κ2) is 8.45. The Kier molecular flexibility index (Phi) is 5.67. The van der Waals surface area contributed by atoms with E-state index in [2.05, 4.69) is 9.80 Å². The molecule has 4 saturated carbocycles. The van der Waals surface area contributed by atoms with Gasteiger partial charge in [0, 0.05) is 32.7 Å². The number of methoxy groups -OCH3 is 1. The molecule has 1 amide bonds. The first-order valence-corrected chi connectivity index (χ1v) is 11.9. The molecule has 6 nitrogen and oxygen atoms in total. The van der Waals surface area contributed by atoms with Crippen LogP contribution in [0.15, 0.2) is 24.3 Å². The maximum atomic E-state index is 13.5. The molecular weight excluding hydrogens is 392 g/mol. The smallest absolute Gasteiger partial charge is 0.337 e. The third-order valence-electron chi connectivity index (χ3n) is 8.10. The van der Waals surface area contributed by atoms with E-state index in [0.717, 1.165) is 75.5 Å². The van der Waals surface area contributed by atoms with Gasteiger partial charge in [0.15, 0.2) is 0 Å². The number of amides is 1. The molecule has 1 aromatic rings. The predicted molar refractivity (Wildman–Crippen MR) is 117 cm³/mol. The first-order chi connectivity index (χ1) is 15.0. The van der Waals surface area contributed by atoms with Gasteiger partial charge in [-0.1, -0.05) is 0 Å². The predicted octanol–water partition coefficient (Wildman–Crippen LogP) is 3.21. The van der Waals surface area contributed by atoms with Crippen LogP contribution in [-0.4, -0.2) is 68.1 Å². The molecule has 6 rings (SSSR count). The number of esters is 1. The summed E-state index contributed by atoms with van der Waals surface area (Å²) in [5.74, 6) is 3.32.